The summed E-state index contributed by atoms with van der Waals surface area (Å²) in [7, 11) is 0. The predicted molar refractivity (Wildman–Crippen MR) is 117 cm³/mol. The highest BCUT2D eigenvalue weighted by Gasteiger charge is 2.33. The second kappa shape index (κ2) is 8.79. The van der Waals surface area contributed by atoms with Crippen molar-refractivity contribution in [1.82, 2.24) is 10.6 Å². The van der Waals surface area contributed by atoms with E-state index in [-0.39, 0.29) is 18.0 Å². The zero-order valence-corrected chi connectivity index (χ0v) is 17.5. The molecule has 0 aromatic heterocycles. The number of hydrogen-bond acceptors (Lipinski definition) is 3. The molecule has 0 unspecified atom stereocenters. The summed E-state index contributed by atoms with van der Waals surface area (Å²) in [5.41, 5.74) is 2.27. The van der Waals surface area contributed by atoms with Gasteiger partial charge in [-0.1, -0.05) is 35.9 Å². The number of allylic oxidation sites excluding steroid dienone is 1. The van der Waals surface area contributed by atoms with E-state index in [9.17, 15) is 9.59 Å². The molecule has 1 atom stereocenters. The average Bonchev–Trinajstić information content (AvgIpc) is 3.21. The molecule has 0 spiro atoms. The lowest BCUT2D eigenvalue weighted by Gasteiger charge is -2.30. The van der Waals surface area contributed by atoms with Gasteiger partial charge >= 0.3 is 6.03 Å². The van der Waals surface area contributed by atoms with Crippen LogP contribution in [0.1, 0.15) is 44.2 Å². The highest BCUT2D eigenvalue weighted by atomic mass is 35.5. The Morgan fingerprint density at radius 1 is 1.13 bits per heavy atom. The molecule has 2 aliphatic rings. The molecule has 3 N–H and O–H groups in total. The summed E-state index contributed by atoms with van der Waals surface area (Å²) in [5.74, 6) is 0.375. The van der Waals surface area contributed by atoms with Gasteiger partial charge in [-0.15, -0.1) is 0 Å². The van der Waals surface area contributed by atoms with Gasteiger partial charge in [0.05, 0.1) is 17.7 Å². The van der Waals surface area contributed by atoms with Gasteiger partial charge in [-0.05, 0) is 56.9 Å². The number of rotatable bonds is 5. The molecule has 7 heteroatoms. The molecule has 6 nitrogen and oxygen atoms in total. The molecule has 1 aliphatic heterocycles. The first-order valence-electron chi connectivity index (χ1n) is 10.1. The Balaban J connectivity index is 1.66. The number of amides is 3. The van der Waals surface area contributed by atoms with Crippen molar-refractivity contribution in [3.05, 3.63) is 70.4 Å². The van der Waals surface area contributed by atoms with E-state index in [1.165, 1.54) is 0 Å². The standard InChI is InChI=1S/C23H24ClN3O3/c1-14-20(22(28)26-16-8-6-7-15(24)13-16)21(27-23(29)25-14)18-11-4-5-12-19(18)30-17-9-2-3-10-17/h4-8,11-13,17,21H,2-3,9-10H2,1H3,(H,26,28)(H2,25,27,29)/t21-/m0/s1. The number of ether oxygens (including phenoxy) is 1. The van der Waals surface area contributed by atoms with Crippen molar-refractivity contribution in [3.8, 4) is 5.75 Å². The van der Waals surface area contributed by atoms with Gasteiger partial charge in [-0.2, -0.15) is 0 Å². The fourth-order valence-corrected chi connectivity index (χ4v) is 4.20. The summed E-state index contributed by atoms with van der Waals surface area (Å²) < 4.78 is 6.25. The summed E-state index contributed by atoms with van der Waals surface area (Å²) in [4.78, 5) is 25.4. The third-order valence-corrected chi connectivity index (χ3v) is 5.66. The topological polar surface area (TPSA) is 79.5 Å². The fourth-order valence-electron chi connectivity index (χ4n) is 4.00. The van der Waals surface area contributed by atoms with Gasteiger partial charge in [0, 0.05) is 22.0 Å². The highest BCUT2D eigenvalue weighted by molar-refractivity contribution is 6.31. The van der Waals surface area contributed by atoms with Crippen LogP contribution in [0.15, 0.2) is 59.8 Å². The normalized spacial score (nSPS) is 19.3. The van der Waals surface area contributed by atoms with Crippen molar-refractivity contribution in [2.24, 2.45) is 0 Å². The second-order valence-corrected chi connectivity index (χ2v) is 8.03. The van der Waals surface area contributed by atoms with Crippen molar-refractivity contribution < 1.29 is 14.3 Å². The molecule has 4 rings (SSSR count). The fraction of sp³-hybridized carbons (Fsp3) is 0.304. The minimum atomic E-state index is -0.629. The Morgan fingerprint density at radius 3 is 2.67 bits per heavy atom. The molecule has 1 fully saturated rings. The van der Waals surface area contributed by atoms with E-state index in [1.807, 2.05) is 24.3 Å². The molecule has 30 heavy (non-hydrogen) atoms. The maximum Gasteiger partial charge on any atom is 0.319 e. The SMILES string of the molecule is CC1=C(C(=O)Nc2cccc(Cl)c2)[C@H](c2ccccc2OC2CCCC2)NC(=O)N1. The molecule has 0 bridgehead atoms. The minimum absolute atomic E-state index is 0.164. The van der Waals surface area contributed by atoms with Crippen molar-refractivity contribution in [2.45, 2.75) is 44.8 Å². The van der Waals surface area contributed by atoms with Gasteiger partial charge in [0.15, 0.2) is 0 Å². The average molecular weight is 426 g/mol. The van der Waals surface area contributed by atoms with Crippen molar-refractivity contribution >= 4 is 29.2 Å². The number of carbonyl (C=O) groups is 2. The molecule has 0 radical (unpaired) electrons. The molecule has 2 aromatic carbocycles. The Labute approximate surface area is 180 Å². The first kappa shape index (κ1) is 20.3. The van der Waals surface area contributed by atoms with E-state index in [0.717, 1.165) is 31.2 Å². The maximum absolute atomic E-state index is 13.2. The van der Waals surface area contributed by atoms with Gasteiger partial charge < -0.3 is 20.7 Å². The highest BCUT2D eigenvalue weighted by Crippen LogP contribution is 2.35. The number of nitrogens with one attached hydrogen (secondary N) is 3. The van der Waals surface area contributed by atoms with E-state index in [1.54, 1.807) is 31.2 Å². The molecule has 156 valence electrons. The van der Waals surface area contributed by atoms with Gasteiger partial charge in [0.2, 0.25) is 0 Å². The lowest BCUT2D eigenvalue weighted by atomic mass is 9.94. The molecular formula is C23H24ClN3O3. The van der Waals surface area contributed by atoms with E-state index in [0.29, 0.717) is 27.7 Å². The summed E-state index contributed by atoms with van der Waals surface area (Å²) in [5, 5.41) is 8.99. The first-order valence-corrected chi connectivity index (χ1v) is 10.5. The second-order valence-electron chi connectivity index (χ2n) is 7.60. The molecule has 1 heterocycles. The van der Waals surface area contributed by atoms with Crippen molar-refractivity contribution in [1.29, 1.82) is 0 Å². The molecule has 3 amide bonds. The number of carbonyl (C=O) groups excluding carboxylic acids is 2. The van der Waals surface area contributed by atoms with E-state index in [4.69, 9.17) is 16.3 Å². The summed E-state index contributed by atoms with van der Waals surface area (Å²) in [6.07, 6.45) is 4.51. The lowest BCUT2D eigenvalue weighted by Crippen LogP contribution is -2.46. The molecule has 1 aliphatic carbocycles. The third-order valence-electron chi connectivity index (χ3n) is 5.42. The Bertz CT molecular complexity index is 999. The van der Waals surface area contributed by atoms with E-state index in [2.05, 4.69) is 16.0 Å². The minimum Gasteiger partial charge on any atom is -0.490 e. The third kappa shape index (κ3) is 4.44. The van der Waals surface area contributed by atoms with Crippen LogP contribution in [0.5, 0.6) is 5.75 Å². The van der Waals surface area contributed by atoms with E-state index < -0.39 is 6.04 Å². The van der Waals surface area contributed by atoms with Gasteiger partial charge in [0.25, 0.3) is 5.91 Å². The zero-order chi connectivity index (χ0) is 21.1. The first-order chi connectivity index (χ1) is 14.5. The van der Waals surface area contributed by atoms with Gasteiger partial charge in [0.1, 0.15) is 5.75 Å². The molecule has 0 saturated heterocycles. The summed E-state index contributed by atoms with van der Waals surface area (Å²) in [6, 6.07) is 13.5. The van der Waals surface area contributed by atoms with Crippen molar-refractivity contribution in [3.63, 3.8) is 0 Å². The Hall–Kier alpha value is -2.99. The smallest absolute Gasteiger partial charge is 0.319 e. The van der Waals surface area contributed by atoms with Gasteiger partial charge in [-0.25, -0.2) is 4.79 Å². The van der Waals surface area contributed by atoms with Crippen LogP contribution < -0.4 is 20.7 Å². The molecule has 2 aromatic rings. The van der Waals surface area contributed by atoms with Crippen LogP contribution >= 0.6 is 11.6 Å². The number of para-hydroxylation sites is 1. The predicted octanol–water partition coefficient (Wildman–Crippen LogP) is 4.93. The number of urea groups is 1. The number of benzene rings is 2. The van der Waals surface area contributed by atoms with Crippen LogP contribution in [-0.2, 0) is 4.79 Å². The lowest BCUT2D eigenvalue weighted by molar-refractivity contribution is -0.113. The largest absolute Gasteiger partial charge is 0.490 e. The van der Waals surface area contributed by atoms with E-state index >= 15 is 0 Å². The van der Waals surface area contributed by atoms with Crippen LogP contribution in [0.3, 0.4) is 0 Å². The number of anilines is 1. The monoisotopic (exact) mass is 425 g/mol. The maximum atomic E-state index is 13.2. The zero-order valence-electron chi connectivity index (χ0n) is 16.7. The molecule has 1 saturated carbocycles. The van der Waals surface area contributed by atoms with Crippen LogP contribution in [0.2, 0.25) is 5.02 Å². The Kier molecular flexibility index (Phi) is 5.95. The molecular weight excluding hydrogens is 402 g/mol. The van der Waals surface area contributed by atoms with Crippen LogP contribution in [0.4, 0.5) is 10.5 Å². The Morgan fingerprint density at radius 2 is 1.90 bits per heavy atom. The van der Waals surface area contributed by atoms with Crippen LogP contribution in [0, 0.1) is 0 Å². The number of halogens is 1. The van der Waals surface area contributed by atoms with Crippen molar-refractivity contribution in [2.75, 3.05) is 5.32 Å². The van der Waals surface area contributed by atoms with Crippen LogP contribution in [0.25, 0.3) is 0 Å². The quantitative estimate of drug-likeness (QED) is 0.635. The van der Waals surface area contributed by atoms with Crippen LogP contribution in [-0.4, -0.2) is 18.0 Å². The number of hydrogen-bond donors (Lipinski definition) is 3. The summed E-state index contributed by atoms with van der Waals surface area (Å²) in [6.45, 7) is 1.72. The van der Waals surface area contributed by atoms with Gasteiger partial charge in [-0.3, -0.25) is 4.79 Å². The summed E-state index contributed by atoms with van der Waals surface area (Å²) >= 11 is 6.04.